The Labute approximate surface area is 123 Å². The van der Waals surface area contributed by atoms with Crippen LogP contribution in [0.5, 0.6) is 0 Å². The van der Waals surface area contributed by atoms with Crippen molar-refractivity contribution in [2.24, 2.45) is 0 Å². The van der Waals surface area contributed by atoms with Crippen LogP contribution >= 0.6 is 0 Å². The second kappa shape index (κ2) is 4.71. The number of aromatic nitrogens is 1. The van der Waals surface area contributed by atoms with Crippen LogP contribution in [0.4, 0.5) is 0 Å². The van der Waals surface area contributed by atoms with Crippen molar-refractivity contribution in [3.05, 3.63) is 78.4 Å². The number of hydrogen-bond donors (Lipinski definition) is 0. The average molecular weight is 269 g/mol. The lowest BCUT2D eigenvalue weighted by atomic mass is 10.0. The molecule has 4 rings (SSSR count). The Kier molecular flexibility index (Phi) is 2.71. The quantitative estimate of drug-likeness (QED) is 0.453. The summed E-state index contributed by atoms with van der Waals surface area (Å²) in [5, 5.41) is 3.71. The zero-order valence-corrected chi connectivity index (χ0v) is 11.9. The summed E-state index contributed by atoms with van der Waals surface area (Å²) in [6.45, 7) is 2.11. The molecule has 1 heterocycles. The fourth-order valence-electron chi connectivity index (χ4n) is 2.80. The van der Waals surface area contributed by atoms with Crippen molar-refractivity contribution < 1.29 is 0 Å². The van der Waals surface area contributed by atoms with E-state index in [4.69, 9.17) is 4.98 Å². The minimum Gasteiger partial charge on any atom is -0.248 e. The highest BCUT2D eigenvalue weighted by atomic mass is 14.7. The van der Waals surface area contributed by atoms with Gasteiger partial charge in [0.1, 0.15) is 0 Å². The lowest BCUT2D eigenvalue weighted by Crippen LogP contribution is -1.88. The van der Waals surface area contributed by atoms with Crippen molar-refractivity contribution in [1.29, 1.82) is 0 Å². The van der Waals surface area contributed by atoms with Crippen LogP contribution in [0.3, 0.4) is 0 Å². The number of pyridine rings is 1. The third kappa shape index (κ3) is 2.07. The SMILES string of the molecule is Cc1cccc2ccc(-c3ccc4ccccc4c3)nc12. The predicted octanol–water partition coefficient (Wildman–Crippen LogP) is 5.36. The molecule has 4 aromatic rings. The highest BCUT2D eigenvalue weighted by Gasteiger charge is 2.04. The van der Waals surface area contributed by atoms with E-state index in [1.165, 1.54) is 27.3 Å². The van der Waals surface area contributed by atoms with Crippen molar-refractivity contribution in [2.75, 3.05) is 0 Å². The van der Waals surface area contributed by atoms with E-state index in [1.54, 1.807) is 0 Å². The summed E-state index contributed by atoms with van der Waals surface area (Å²) in [5.41, 5.74) is 4.50. The largest absolute Gasteiger partial charge is 0.248 e. The van der Waals surface area contributed by atoms with Gasteiger partial charge in [0.15, 0.2) is 0 Å². The molecule has 0 aliphatic rings. The lowest BCUT2D eigenvalue weighted by molar-refractivity contribution is 1.36. The van der Waals surface area contributed by atoms with Gasteiger partial charge in [0, 0.05) is 10.9 Å². The topological polar surface area (TPSA) is 12.9 Å². The number of hydrogen-bond acceptors (Lipinski definition) is 1. The van der Waals surface area contributed by atoms with Crippen LogP contribution in [0.2, 0.25) is 0 Å². The fraction of sp³-hybridized carbons (Fsp3) is 0.0500. The average Bonchev–Trinajstić information content (AvgIpc) is 2.54. The second-order valence-electron chi connectivity index (χ2n) is 5.41. The Balaban J connectivity index is 1.93. The van der Waals surface area contributed by atoms with Crippen molar-refractivity contribution in [1.82, 2.24) is 4.98 Å². The molecular formula is C20H15N. The predicted molar refractivity (Wildman–Crippen MR) is 89.4 cm³/mol. The van der Waals surface area contributed by atoms with Crippen molar-refractivity contribution in [3.8, 4) is 11.3 Å². The van der Waals surface area contributed by atoms with Crippen LogP contribution < -0.4 is 0 Å². The van der Waals surface area contributed by atoms with E-state index < -0.39 is 0 Å². The van der Waals surface area contributed by atoms with Gasteiger partial charge in [0.2, 0.25) is 0 Å². The third-order valence-corrected chi connectivity index (χ3v) is 3.97. The number of nitrogens with zero attached hydrogens (tertiary/aromatic N) is 1. The molecule has 21 heavy (non-hydrogen) atoms. The Bertz CT molecular complexity index is 954. The molecule has 0 spiro atoms. The highest BCUT2D eigenvalue weighted by molar-refractivity contribution is 5.89. The summed E-state index contributed by atoms with van der Waals surface area (Å²) in [7, 11) is 0. The molecule has 0 fully saturated rings. The van der Waals surface area contributed by atoms with Crippen LogP contribution in [0.25, 0.3) is 32.9 Å². The normalized spacial score (nSPS) is 11.1. The first-order valence-electron chi connectivity index (χ1n) is 7.17. The first-order valence-corrected chi connectivity index (χ1v) is 7.17. The molecule has 0 radical (unpaired) electrons. The monoisotopic (exact) mass is 269 g/mol. The molecule has 0 saturated carbocycles. The van der Waals surface area contributed by atoms with Crippen LogP contribution in [-0.2, 0) is 0 Å². The molecule has 0 N–H and O–H groups in total. The van der Waals surface area contributed by atoms with Crippen molar-refractivity contribution >= 4 is 21.7 Å². The van der Waals surface area contributed by atoms with Gasteiger partial charge in [-0.2, -0.15) is 0 Å². The molecule has 0 saturated heterocycles. The van der Waals surface area contributed by atoms with Gasteiger partial charge in [-0.1, -0.05) is 60.7 Å². The molecule has 0 amide bonds. The first-order chi connectivity index (χ1) is 10.3. The van der Waals surface area contributed by atoms with Crippen molar-refractivity contribution in [2.45, 2.75) is 6.92 Å². The van der Waals surface area contributed by atoms with Gasteiger partial charge < -0.3 is 0 Å². The van der Waals surface area contributed by atoms with E-state index >= 15 is 0 Å². The molecule has 1 heteroatoms. The molecule has 0 bridgehead atoms. The maximum Gasteiger partial charge on any atom is 0.0738 e. The molecule has 0 aliphatic heterocycles. The van der Waals surface area contributed by atoms with Gasteiger partial charge in [0.05, 0.1) is 11.2 Å². The Hall–Kier alpha value is -2.67. The molecule has 1 aromatic heterocycles. The molecule has 100 valence electrons. The highest BCUT2D eigenvalue weighted by Crippen LogP contribution is 2.25. The minimum absolute atomic E-state index is 1.03. The van der Waals surface area contributed by atoms with E-state index in [9.17, 15) is 0 Å². The smallest absolute Gasteiger partial charge is 0.0738 e. The Morgan fingerprint density at radius 2 is 1.43 bits per heavy atom. The second-order valence-corrected chi connectivity index (χ2v) is 5.41. The molecule has 3 aromatic carbocycles. The molecule has 0 aliphatic carbocycles. The van der Waals surface area contributed by atoms with Crippen LogP contribution in [0, 0.1) is 6.92 Å². The van der Waals surface area contributed by atoms with Gasteiger partial charge in [-0.05, 0) is 35.4 Å². The molecule has 0 atom stereocenters. The summed E-state index contributed by atoms with van der Waals surface area (Å²) < 4.78 is 0. The van der Waals surface area contributed by atoms with Crippen LogP contribution in [0.15, 0.2) is 72.8 Å². The third-order valence-electron chi connectivity index (χ3n) is 3.97. The van der Waals surface area contributed by atoms with E-state index in [0.29, 0.717) is 0 Å². The number of para-hydroxylation sites is 1. The van der Waals surface area contributed by atoms with Gasteiger partial charge in [-0.3, -0.25) is 0 Å². The van der Waals surface area contributed by atoms with E-state index in [-0.39, 0.29) is 0 Å². The zero-order chi connectivity index (χ0) is 14.2. The Morgan fingerprint density at radius 1 is 0.667 bits per heavy atom. The van der Waals surface area contributed by atoms with Crippen LogP contribution in [0.1, 0.15) is 5.56 Å². The number of benzene rings is 3. The van der Waals surface area contributed by atoms with Gasteiger partial charge >= 0.3 is 0 Å². The molecule has 0 unspecified atom stereocenters. The van der Waals surface area contributed by atoms with Crippen molar-refractivity contribution in [3.63, 3.8) is 0 Å². The molecular weight excluding hydrogens is 254 g/mol. The summed E-state index contributed by atoms with van der Waals surface area (Å²) in [6, 6.07) is 25.5. The minimum atomic E-state index is 1.03. The van der Waals surface area contributed by atoms with E-state index in [1.807, 2.05) is 0 Å². The summed E-state index contributed by atoms with van der Waals surface area (Å²) in [6.07, 6.45) is 0. The summed E-state index contributed by atoms with van der Waals surface area (Å²) in [5.74, 6) is 0. The maximum atomic E-state index is 4.85. The summed E-state index contributed by atoms with van der Waals surface area (Å²) >= 11 is 0. The van der Waals surface area contributed by atoms with Crippen LogP contribution in [-0.4, -0.2) is 4.98 Å². The zero-order valence-electron chi connectivity index (χ0n) is 11.9. The van der Waals surface area contributed by atoms with Gasteiger partial charge in [0.25, 0.3) is 0 Å². The van der Waals surface area contributed by atoms with E-state index in [2.05, 4.69) is 79.7 Å². The summed E-state index contributed by atoms with van der Waals surface area (Å²) in [4.78, 5) is 4.85. The number of rotatable bonds is 1. The van der Waals surface area contributed by atoms with Gasteiger partial charge in [-0.15, -0.1) is 0 Å². The fourth-order valence-corrected chi connectivity index (χ4v) is 2.80. The van der Waals surface area contributed by atoms with E-state index in [0.717, 1.165) is 11.2 Å². The lowest BCUT2D eigenvalue weighted by Gasteiger charge is -2.06. The van der Waals surface area contributed by atoms with Gasteiger partial charge in [-0.25, -0.2) is 4.98 Å². The molecule has 1 nitrogen and oxygen atoms in total. The standard InChI is InChI=1S/C20H15N/c1-14-5-4-8-16-11-12-19(21-20(14)16)18-10-9-15-6-2-3-7-17(15)13-18/h2-13H,1H3. The maximum absolute atomic E-state index is 4.85. The Morgan fingerprint density at radius 3 is 2.33 bits per heavy atom. The first kappa shape index (κ1) is 12.1. The number of aryl methyl sites for hydroxylation is 1. The number of fused-ring (bicyclic) bond motifs is 2.